The van der Waals surface area contributed by atoms with Crippen LogP contribution in [0.2, 0.25) is 0 Å². The molecule has 1 saturated heterocycles. The number of aliphatic hydroxyl groups is 1. The summed E-state index contributed by atoms with van der Waals surface area (Å²) in [6.45, 7) is 0.746. The van der Waals surface area contributed by atoms with Gasteiger partial charge in [0.25, 0.3) is 0 Å². The van der Waals surface area contributed by atoms with Gasteiger partial charge in [0, 0.05) is 12.0 Å². The van der Waals surface area contributed by atoms with Crippen LogP contribution >= 0.6 is 0 Å². The van der Waals surface area contributed by atoms with Gasteiger partial charge >= 0.3 is 6.18 Å². The van der Waals surface area contributed by atoms with Crippen molar-refractivity contribution >= 4 is 0 Å². The number of hydrogen-bond donors (Lipinski definition) is 2. The Kier molecular flexibility index (Phi) is 3.14. The highest BCUT2D eigenvalue weighted by Gasteiger charge is 2.42. The molecule has 1 aromatic rings. The number of hydrogen-bond acceptors (Lipinski definition) is 2. The fourth-order valence-electron chi connectivity index (χ4n) is 2.39. The molecule has 1 aliphatic heterocycles. The smallest absolute Gasteiger partial charge is 0.395 e. The molecule has 2 nitrogen and oxygen atoms in total. The number of benzene rings is 1. The Bertz CT molecular complexity index is 397. The zero-order chi connectivity index (χ0) is 12.5. The fourth-order valence-corrected chi connectivity index (χ4v) is 2.39. The summed E-state index contributed by atoms with van der Waals surface area (Å²) >= 11 is 0. The first-order chi connectivity index (χ1) is 7.99. The summed E-state index contributed by atoms with van der Waals surface area (Å²) in [6, 6.07) is 5.50. The van der Waals surface area contributed by atoms with Crippen LogP contribution in [0.5, 0.6) is 0 Å². The second-order valence-electron chi connectivity index (χ2n) is 4.41. The topological polar surface area (TPSA) is 32.3 Å². The standard InChI is InChI=1S/C12H14F3NO/c13-12(14,15)10-4-2-1-3-9(10)11(8-17)5-6-16-7-11/h1-4,16-17H,5-8H2. The second-order valence-corrected chi connectivity index (χ2v) is 4.41. The average Bonchev–Trinajstić information content (AvgIpc) is 2.78. The molecule has 1 aromatic carbocycles. The molecule has 2 rings (SSSR count). The highest BCUT2D eigenvalue weighted by atomic mass is 19.4. The van der Waals surface area contributed by atoms with E-state index in [1.165, 1.54) is 12.1 Å². The lowest BCUT2D eigenvalue weighted by Crippen LogP contribution is -2.35. The minimum atomic E-state index is -4.37. The fraction of sp³-hybridized carbons (Fsp3) is 0.500. The van der Waals surface area contributed by atoms with E-state index >= 15 is 0 Å². The van der Waals surface area contributed by atoms with E-state index in [0.717, 1.165) is 6.07 Å². The summed E-state index contributed by atoms with van der Waals surface area (Å²) in [4.78, 5) is 0. The summed E-state index contributed by atoms with van der Waals surface area (Å²) in [6.07, 6.45) is -3.85. The highest BCUT2D eigenvalue weighted by Crippen LogP contribution is 2.39. The van der Waals surface area contributed by atoms with Crippen molar-refractivity contribution in [2.24, 2.45) is 0 Å². The number of rotatable bonds is 2. The Morgan fingerprint density at radius 1 is 1.29 bits per heavy atom. The van der Waals surface area contributed by atoms with Gasteiger partial charge in [0.2, 0.25) is 0 Å². The zero-order valence-corrected chi connectivity index (χ0v) is 9.22. The maximum Gasteiger partial charge on any atom is 0.416 e. The molecule has 1 unspecified atom stereocenters. The minimum Gasteiger partial charge on any atom is -0.395 e. The molecule has 5 heteroatoms. The van der Waals surface area contributed by atoms with Gasteiger partial charge in [0.15, 0.2) is 0 Å². The predicted molar refractivity (Wildman–Crippen MR) is 57.7 cm³/mol. The molecule has 17 heavy (non-hydrogen) atoms. The highest BCUT2D eigenvalue weighted by molar-refractivity contribution is 5.38. The van der Waals surface area contributed by atoms with Gasteiger partial charge in [-0.3, -0.25) is 0 Å². The van der Waals surface area contributed by atoms with Crippen LogP contribution in [0.15, 0.2) is 24.3 Å². The molecule has 1 fully saturated rings. The summed E-state index contributed by atoms with van der Waals surface area (Å²) in [5.41, 5.74) is -1.25. The van der Waals surface area contributed by atoms with Crippen LogP contribution in [0.1, 0.15) is 17.5 Å². The van der Waals surface area contributed by atoms with E-state index in [9.17, 15) is 18.3 Å². The Morgan fingerprint density at radius 3 is 2.53 bits per heavy atom. The third kappa shape index (κ3) is 2.17. The van der Waals surface area contributed by atoms with Gasteiger partial charge < -0.3 is 10.4 Å². The summed E-state index contributed by atoms with van der Waals surface area (Å²) < 4.78 is 38.7. The van der Waals surface area contributed by atoms with Crippen LogP contribution in [0.4, 0.5) is 13.2 Å². The van der Waals surface area contributed by atoms with E-state index in [0.29, 0.717) is 19.5 Å². The lowest BCUT2D eigenvalue weighted by atomic mass is 9.78. The van der Waals surface area contributed by atoms with Gasteiger partial charge in [-0.2, -0.15) is 13.2 Å². The van der Waals surface area contributed by atoms with Crippen molar-refractivity contribution in [3.05, 3.63) is 35.4 Å². The molecule has 0 spiro atoms. The molecule has 1 heterocycles. The Morgan fingerprint density at radius 2 is 2.00 bits per heavy atom. The molecule has 1 atom stereocenters. The third-order valence-electron chi connectivity index (χ3n) is 3.35. The monoisotopic (exact) mass is 245 g/mol. The lowest BCUT2D eigenvalue weighted by Gasteiger charge is -2.29. The molecular weight excluding hydrogens is 231 g/mol. The quantitative estimate of drug-likeness (QED) is 0.834. The van der Waals surface area contributed by atoms with Gasteiger partial charge in [-0.15, -0.1) is 0 Å². The molecule has 0 bridgehead atoms. The van der Waals surface area contributed by atoms with Crippen molar-refractivity contribution in [2.45, 2.75) is 18.0 Å². The van der Waals surface area contributed by atoms with E-state index in [2.05, 4.69) is 5.32 Å². The molecule has 94 valence electrons. The summed E-state index contributed by atoms with van der Waals surface area (Å²) in [7, 11) is 0. The molecule has 2 N–H and O–H groups in total. The maximum atomic E-state index is 12.9. The minimum absolute atomic E-state index is 0.194. The Hall–Kier alpha value is -1.07. The number of nitrogens with one attached hydrogen (secondary N) is 1. The van der Waals surface area contributed by atoms with Crippen molar-refractivity contribution in [1.82, 2.24) is 5.32 Å². The van der Waals surface area contributed by atoms with Crippen LogP contribution in [-0.2, 0) is 11.6 Å². The predicted octanol–water partition coefficient (Wildman–Crippen LogP) is 1.93. The first kappa shape index (κ1) is 12.4. The Labute approximate surface area is 97.5 Å². The van der Waals surface area contributed by atoms with Crippen molar-refractivity contribution in [1.29, 1.82) is 0 Å². The third-order valence-corrected chi connectivity index (χ3v) is 3.35. The molecule has 0 amide bonds. The van der Waals surface area contributed by atoms with Crippen LogP contribution in [0, 0.1) is 0 Å². The van der Waals surface area contributed by atoms with Crippen LogP contribution in [0.3, 0.4) is 0 Å². The second kappa shape index (κ2) is 4.31. The van der Waals surface area contributed by atoms with Crippen LogP contribution in [-0.4, -0.2) is 24.8 Å². The molecule has 0 saturated carbocycles. The van der Waals surface area contributed by atoms with Gasteiger partial charge in [0.1, 0.15) is 0 Å². The maximum absolute atomic E-state index is 12.9. The largest absolute Gasteiger partial charge is 0.416 e. The van der Waals surface area contributed by atoms with Crippen molar-refractivity contribution in [2.75, 3.05) is 19.7 Å². The van der Waals surface area contributed by atoms with Gasteiger partial charge in [-0.25, -0.2) is 0 Å². The van der Waals surface area contributed by atoms with Gasteiger partial charge in [-0.05, 0) is 24.6 Å². The van der Waals surface area contributed by atoms with Gasteiger partial charge in [-0.1, -0.05) is 18.2 Å². The first-order valence-corrected chi connectivity index (χ1v) is 5.48. The molecule has 0 radical (unpaired) electrons. The van der Waals surface area contributed by atoms with Crippen molar-refractivity contribution in [3.8, 4) is 0 Å². The van der Waals surface area contributed by atoms with Crippen molar-refractivity contribution < 1.29 is 18.3 Å². The van der Waals surface area contributed by atoms with Crippen molar-refractivity contribution in [3.63, 3.8) is 0 Å². The normalized spacial score (nSPS) is 25.2. The van der Waals surface area contributed by atoms with E-state index in [-0.39, 0.29) is 12.2 Å². The molecule has 0 aromatic heterocycles. The van der Waals surface area contributed by atoms with Crippen LogP contribution in [0.25, 0.3) is 0 Å². The molecule has 0 aliphatic carbocycles. The number of aliphatic hydroxyl groups excluding tert-OH is 1. The van der Waals surface area contributed by atoms with Gasteiger partial charge in [0.05, 0.1) is 12.2 Å². The van der Waals surface area contributed by atoms with Crippen LogP contribution < -0.4 is 5.32 Å². The Balaban J connectivity index is 2.51. The SMILES string of the molecule is OCC1(c2ccccc2C(F)(F)F)CCNC1. The number of alkyl halides is 3. The lowest BCUT2D eigenvalue weighted by molar-refractivity contribution is -0.138. The van der Waals surface area contributed by atoms with E-state index < -0.39 is 17.2 Å². The average molecular weight is 245 g/mol. The van der Waals surface area contributed by atoms with E-state index in [1.54, 1.807) is 6.07 Å². The summed E-state index contributed by atoms with van der Waals surface area (Å²) in [5, 5.41) is 12.5. The first-order valence-electron chi connectivity index (χ1n) is 5.48. The summed E-state index contributed by atoms with van der Waals surface area (Å²) in [5.74, 6) is 0. The van der Waals surface area contributed by atoms with E-state index in [4.69, 9.17) is 0 Å². The van der Waals surface area contributed by atoms with E-state index in [1.807, 2.05) is 0 Å². The zero-order valence-electron chi connectivity index (χ0n) is 9.22. The number of halogens is 3. The molecular formula is C12H14F3NO. The molecule has 1 aliphatic rings.